The first kappa shape index (κ1) is 30.4. The van der Waals surface area contributed by atoms with Crippen molar-refractivity contribution < 1.29 is 35.5 Å². The highest BCUT2D eigenvalue weighted by molar-refractivity contribution is 7.90. The number of imidazole rings is 1. The van der Waals surface area contributed by atoms with Crippen LogP contribution in [-0.4, -0.2) is 39.3 Å². The molecule has 0 fully saturated rings. The molecule has 0 bridgehead atoms. The molecule has 0 unspecified atom stereocenters. The lowest BCUT2D eigenvalue weighted by atomic mass is 9.97. The molecular formula is C29H23ClF4N4O4S. The lowest BCUT2D eigenvalue weighted by Crippen LogP contribution is -2.08. The largest absolute Gasteiger partial charge is 0.440 e. The molecule has 0 amide bonds. The normalized spacial score (nSPS) is 12.2. The quantitative estimate of drug-likeness (QED) is 0.160. The predicted octanol–water partition coefficient (Wildman–Crippen LogP) is 6.89. The van der Waals surface area contributed by atoms with Gasteiger partial charge in [0.15, 0.2) is 21.5 Å². The number of alkyl halides is 3. The Kier molecular flexibility index (Phi) is 7.69. The minimum atomic E-state index is -4.72. The SMILES string of the molecule is Cc1cn(-c2ccc(-c3cc(F)c(CO)c(S(C)(=O)=O)c3)cc2-c2nc(C)oc2-c2ccc(C(F)(F)F)nc2Cl)c(C)n1. The summed E-state index contributed by atoms with van der Waals surface area (Å²) >= 11 is 6.22. The summed E-state index contributed by atoms with van der Waals surface area (Å²) in [5, 5.41) is 9.16. The Bertz CT molecular complexity index is 2000. The number of nitrogens with zero attached hydrogens (tertiary/aromatic N) is 4. The lowest BCUT2D eigenvalue weighted by Gasteiger charge is -2.15. The molecule has 1 N–H and O–H groups in total. The van der Waals surface area contributed by atoms with E-state index in [0.717, 1.165) is 24.5 Å². The molecule has 0 radical (unpaired) electrons. The topological polar surface area (TPSA) is 111 Å². The van der Waals surface area contributed by atoms with Gasteiger partial charge in [0.05, 0.1) is 28.4 Å². The van der Waals surface area contributed by atoms with Crippen LogP contribution >= 0.6 is 11.6 Å². The van der Waals surface area contributed by atoms with E-state index in [1.54, 1.807) is 49.7 Å². The van der Waals surface area contributed by atoms with Crippen molar-refractivity contribution in [2.24, 2.45) is 0 Å². The maximum atomic E-state index is 15.0. The smallest absolute Gasteiger partial charge is 0.433 e. The number of benzene rings is 2. The van der Waals surface area contributed by atoms with Gasteiger partial charge in [-0.1, -0.05) is 17.7 Å². The van der Waals surface area contributed by atoms with Crippen LogP contribution in [0.3, 0.4) is 0 Å². The van der Waals surface area contributed by atoms with Crippen LogP contribution in [0, 0.1) is 26.6 Å². The molecule has 2 aromatic carbocycles. The van der Waals surface area contributed by atoms with Gasteiger partial charge in [-0.2, -0.15) is 13.2 Å². The highest BCUT2D eigenvalue weighted by Crippen LogP contribution is 2.41. The summed E-state index contributed by atoms with van der Waals surface area (Å²) in [5.74, 6) is -0.0864. The molecule has 224 valence electrons. The van der Waals surface area contributed by atoms with Gasteiger partial charge in [-0.15, -0.1) is 0 Å². The molecule has 5 rings (SSSR count). The molecule has 3 aromatic heterocycles. The first-order valence-electron chi connectivity index (χ1n) is 12.6. The van der Waals surface area contributed by atoms with Gasteiger partial charge >= 0.3 is 6.18 Å². The second-order valence-corrected chi connectivity index (χ2v) is 12.2. The Morgan fingerprint density at radius 1 is 0.977 bits per heavy atom. The van der Waals surface area contributed by atoms with E-state index >= 15 is 4.39 Å². The van der Waals surface area contributed by atoms with Crippen molar-refractivity contribution in [3.05, 3.63) is 88.3 Å². The summed E-state index contributed by atoms with van der Waals surface area (Å²) in [6, 6.07) is 9.25. The third kappa shape index (κ3) is 5.79. The van der Waals surface area contributed by atoms with Crippen molar-refractivity contribution >= 4 is 21.4 Å². The van der Waals surface area contributed by atoms with Crippen LogP contribution in [0.25, 0.3) is 39.4 Å². The third-order valence-corrected chi connectivity index (χ3v) is 8.13. The van der Waals surface area contributed by atoms with Gasteiger partial charge in [0, 0.05) is 30.5 Å². The molecule has 8 nitrogen and oxygen atoms in total. The van der Waals surface area contributed by atoms with E-state index in [2.05, 4.69) is 15.0 Å². The summed E-state index contributed by atoms with van der Waals surface area (Å²) in [6.07, 6.45) is -2.04. The molecule has 0 aliphatic carbocycles. The summed E-state index contributed by atoms with van der Waals surface area (Å²) in [5.41, 5.74) is 0.933. The van der Waals surface area contributed by atoms with Gasteiger partial charge in [-0.25, -0.2) is 27.8 Å². The van der Waals surface area contributed by atoms with Gasteiger partial charge < -0.3 is 14.1 Å². The Morgan fingerprint density at radius 2 is 1.70 bits per heavy atom. The molecule has 43 heavy (non-hydrogen) atoms. The molecule has 5 aromatic rings. The summed E-state index contributed by atoms with van der Waals surface area (Å²) in [4.78, 5) is 12.1. The molecule has 0 aliphatic rings. The van der Waals surface area contributed by atoms with Gasteiger partial charge in [0.25, 0.3) is 0 Å². The number of sulfone groups is 1. The van der Waals surface area contributed by atoms with Crippen LogP contribution in [-0.2, 0) is 22.6 Å². The van der Waals surface area contributed by atoms with E-state index in [1.165, 1.54) is 6.07 Å². The molecule has 0 spiro atoms. The standard InChI is InChI=1S/C29H23ClF4N4O4S/c1-14-12-38(15(2)35-14)23-7-5-17(18-10-22(31)21(13-39)24(11-18)43(4,40)41)9-20(23)26-27(42-16(3)36-26)19-6-8-25(29(32,33)34)37-28(19)30/h5-12,39H,13H2,1-4H3. The number of hydrogen-bond acceptors (Lipinski definition) is 7. The number of hydrogen-bond donors (Lipinski definition) is 1. The van der Waals surface area contributed by atoms with Gasteiger partial charge in [-0.05, 0) is 61.4 Å². The number of aliphatic hydroxyl groups excluding tert-OH is 1. The Labute approximate surface area is 248 Å². The second kappa shape index (κ2) is 10.9. The van der Waals surface area contributed by atoms with E-state index in [4.69, 9.17) is 16.0 Å². The van der Waals surface area contributed by atoms with Crippen molar-refractivity contribution in [2.45, 2.75) is 38.4 Å². The molecule has 0 saturated carbocycles. The zero-order chi connectivity index (χ0) is 31.4. The Morgan fingerprint density at radius 3 is 2.28 bits per heavy atom. The van der Waals surface area contributed by atoms with Crippen LogP contribution < -0.4 is 0 Å². The number of pyridine rings is 1. The molecule has 0 atom stereocenters. The van der Waals surface area contributed by atoms with E-state index in [0.29, 0.717) is 28.3 Å². The Balaban J connectivity index is 1.79. The van der Waals surface area contributed by atoms with Crippen molar-refractivity contribution in [3.63, 3.8) is 0 Å². The van der Waals surface area contributed by atoms with Crippen LogP contribution in [0.1, 0.15) is 28.7 Å². The first-order chi connectivity index (χ1) is 20.1. The Hall–Kier alpha value is -4.07. The fourth-order valence-corrected chi connectivity index (χ4v) is 5.98. The number of rotatable bonds is 6. The summed E-state index contributed by atoms with van der Waals surface area (Å²) in [6.45, 7) is 4.31. The van der Waals surface area contributed by atoms with Crippen LogP contribution in [0.4, 0.5) is 17.6 Å². The maximum absolute atomic E-state index is 15.0. The average molecular weight is 635 g/mol. The number of aliphatic hydroxyl groups is 1. The number of oxazole rings is 1. The van der Waals surface area contributed by atoms with Crippen molar-refractivity contribution in [3.8, 4) is 39.4 Å². The zero-order valence-corrected chi connectivity index (χ0v) is 24.7. The summed E-state index contributed by atoms with van der Waals surface area (Å²) < 4.78 is 87.3. The highest BCUT2D eigenvalue weighted by atomic mass is 35.5. The zero-order valence-electron chi connectivity index (χ0n) is 23.1. The number of aromatic nitrogens is 4. The molecule has 14 heteroatoms. The van der Waals surface area contributed by atoms with E-state index in [1.807, 2.05) is 0 Å². The molecular weight excluding hydrogens is 612 g/mol. The van der Waals surface area contributed by atoms with Crippen LogP contribution in [0.2, 0.25) is 5.15 Å². The van der Waals surface area contributed by atoms with Crippen LogP contribution in [0.5, 0.6) is 0 Å². The maximum Gasteiger partial charge on any atom is 0.433 e. The van der Waals surface area contributed by atoms with Gasteiger partial charge in [-0.3, -0.25) is 0 Å². The van der Waals surface area contributed by atoms with Crippen LogP contribution in [0.15, 0.2) is 58.0 Å². The van der Waals surface area contributed by atoms with Gasteiger partial charge in [0.1, 0.15) is 28.2 Å². The fourth-order valence-electron chi connectivity index (χ4n) is 4.79. The predicted molar refractivity (Wildman–Crippen MR) is 151 cm³/mol. The highest BCUT2D eigenvalue weighted by Gasteiger charge is 2.34. The number of halogens is 5. The molecule has 0 aliphatic heterocycles. The second-order valence-electron chi connectivity index (χ2n) is 9.84. The lowest BCUT2D eigenvalue weighted by molar-refractivity contribution is -0.141. The fraction of sp³-hybridized carbons (Fsp3) is 0.207. The van der Waals surface area contributed by atoms with Gasteiger partial charge in [0.2, 0.25) is 0 Å². The van der Waals surface area contributed by atoms with Crippen molar-refractivity contribution in [2.75, 3.05) is 6.26 Å². The molecule has 3 heterocycles. The minimum absolute atomic E-state index is 0.0373. The first-order valence-corrected chi connectivity index (χ1v) is 14.9. The number of aryl methyl sites for hydroxylation is 3. The monoisotopic (exact) mass is 634 g/mol. The van der Waals surface area contributed by atoms with E-state index < -0.39 is 39.3 Å². The van der Waals surface area contributed by atoms with E-state index in [9.17, 15) is 26.7 Å². The molecule has 0 saturated heterocycles. The summed E-state index contributed by atoms with van der Waals surface area (Å²) in [7, 11) is -3.91. The van der Waals surface area contributed by atoms with E-state index in [-0.39, 0.29) is 38.9 Å². The minimum Gasteiger partial charge on any atom is -0.440 e. The van der Waals surface area contributed by atoms with Crippen molar-refractivity contribution in [1.29, 1.82) is 0 Å². The third-order valence-electron chi connectivity index (χ3n) is 6.68. The average Bonchev–Trinajstić information content (AvgIpc) is 3.47. The van der Waals surface area contributed by atoms with Crippen molar-refractivity contribution in [1.82, 2.24) is 19.5 Å².